The molecule has 0 bridgehead atoms. The number of hydrogen-bond acceptors (Lipinski definition) is 7. The van der Waals surface area contributed by atoms with Gasteiger partial charge in [-0.15, -0.1) is 0 Å². The molecule has 3 heterocycles. The van der Waals surface area contributed by atoms with E-state index in [0.717, 1.165) is 11.1 Å². The second kappa shape index (κ2) is 7.89. The summed E-state index contributed by atoms with van der Waals surface area (Å²) in [5.41, 5.74) is 1.50. The SMILES string of the molecule is CCOC(OCC)c1cc2cncc(N3CCN(S(N)(=O)=O)CC3)c2o1. The maximum Gasteiger partial charge on any atom is 0.277 e. The molecule has 26 heavy (non-hydrogen) atoms. The van der Waals surface area contributed by atoms with Crippen molar-refractivity contribution >= 4 is 26.9 Å². The van der Waals surface area contributed by atoms with Gasteiger partial charge in [-0.3, -0.25) is 4.98 Å². The lowest BCUT2D eigenvalue weighted by atomic mass is 10.2. The highest BCUT2D eigenvalue weighted by Crippen LogP contribution is 2.33. The molecule has 0 unspecified atom stereocenters. The monoisotopic (exact) mass is 384 g/mol. The lowest BCUT2D eigenvalue weighted by Crippen LogP contribution is -2.50. The van der Waals surface area contributed by atoms with Crippen LogP contribution in [-0.4, -0.2) is 57.1 Å². The van der Waals surface area contributed by atoms with Gasteiger partial charge in [0.25, 0.3) is 10.2 Å². The molecule has 1 fully saturated rings. The molecule has 3 rings (SSSR count). The Morgan fingerprint density at radius 3 is 2.42 bits per heavy atom. The molecule has 1 aliphatic rings. The van der Waals surface area contributed by atoms with Crippen molar-refractivity contribution in [3.05, 3.63) is 24.2 Å². The Hall–Kier alpha value is -1.72. The number of nitrogens with two attached hydrogens (primary N) is 1. The van der Waals surface area contributed by atoms with Crippen molar-refractivity contribution in [2.75, 3.05) is 44.3 Å². The third kappa shape index (κ3) is 3.99. The number of nitrogens with zero attached hydrogens (tertiary/aromatic N) is 3. The van der Waals surface area contributed by atoms with Gasteiger partial charge in [0, 0.05) is 51.0 Å². The number of fused-ring (bicyclic) bond motifs is 1. The molecular formula is C16H24N4O5S. The predicted molar refractivity (Wildman–Crippen MR) is 96.9 cm³/mol. The second-order valence-corrected chi connectivity index (χ2v) is 7.45. The van der Waals surface area contributed by atoms with Crippen LogP contribution in [0.3, 0.4) is 0 Å². The Balaban J connectivity index is 1.86. The molecule has 0 aromatic carbocycles. The summed E-state index contributed by atoms with van der Waals surface area (Å²) in [6.07, 6.45) is 2.88. The Morgan fingerprint density at radius 2 is 1.85 bits per heavy atom. The summed E-state index contributed by atoms with van der Waals surface area (Å²) in [7, 11) is -3.66. The van der Waals surface area contributed by atoms with E-state index in [1.165, 1.54) is 4.31 Å². The number of pyridine rings is 1. The number of piperazine rings is 1. The Morgan fingerprint density at radius 1 is 1.19 bits per heavy atom. The molecule has 0 amide bonds. The van der Waals surface area contributed by atoms with Crippen LogP contribution in [0.2, 0.25) is 0 Å². The third-order valence-electron chi connectivity index (χ3n) is 4.23. The smallest absolute Gasteiger partial charge is 0.277 e. The maximum absolute atomic E-state index is 11.5. The summed E-state index contributed by atoms with van der Waals surface area (Å²) in [6.45, 7) is 6.46. The van der Waals surface area contributed by atoms with Crippen LogP contribution >= 0.6 is 0 Å². The zero-order chi connectivity index (χ0) is 18.7. The lowest BCUT2D eigenvalue weighted by molar-refractivity contribution is -0.150. The highest BCUT2D eigenvalue weighted by Gasteiger charge is 2.26. The Kier molecular flexibility index (Phi) is 5.78. The van der Waals surface area contributed by atoms with Crippen molar-refractivity contribution in [2.45, 2.75) is 20.1 Å². The summed E-state index contributed by atoms with van der Waals surface area (Å²) in [4.78, 5) is 6.32. The van der Waals surface area contributed by atoms with Crippen LogP contribution in [0.15, 0.2) is 22.9 Å². The van der Waals surface area contributed by atoms with Gasteiger partial charge in [0.2, 0.25) is 6.29 Å². The number of ether oxygens (including phenoxy) is 2. The van der Waals surface area contributed by atoms with E-state index < -0.39 is 16.5 Å². The molecule has 0 atom stereocenters. The van der Waals surface area contributed by atoms with Crippen LogP contribution in [0, 0.1) is 0 Å². The summed E-state index contributed by atoms with van der Waals surface area (Å²) in [6, 6.07) is 1.86. The number of aromatic nitrogens is 1. The highest BCUT2D eigenvalue weighted by atomic mass is 32.2. The van der Waals surface area contributed by atoms with Crippen LogP contribution in [-0.2, 0) is 19.7 Å². The van der Waals surface area contributed by atoms with Gasteiger partial charge in [0.1, 0.15) is 0 Å². The topological polar surface area (TPSA) is 111 Å². The lowest BCUT2D eigenvalue weighted by Gasteiger charge is -2.34. The van der Waals surface area contributed by atoms with Crippen molar-refractivity contribution in [2.24, 2.45) is 5.14 Å². The fourth-order valence-electron chi connectivity index (χ4n) is 3.01. The molecule has 0 radical (unpaired) electrons. The number of furan rings is 1. The average molecular weight is 384 g/mol. The Labute approximate surface area is 152 Å². The highest BCUT2D eigenvalue weighted by molar-refractivity contribution is 7.86. The molecule has 10 heteroatoms. The minimum absolute atomic E-state index is 0.323. The third-order valence-corrected chi connectivity index (χ3v) is 5.32. The fraction of sp³-hybridized carbons (Fsp3) is 0.562. The standard InChI is InChI=1S/C16H24N4O5S/c1-3-23-16(24-4-2)14-9-12-10-18-11-13(15(12)25-14)19-5-7-20(8-6-19)26(17,21)22/h9-11,16H,3-8H2,1-2H3,(H2,17,21,22). The minimum atomic E-state index is -3.66. The molecule has 2 N–H and O–H groups in total. The summed E-state index contributed by atoms with van der Waals surface area (Å²) in [5.74, 6) is 0.584. The van der Waals surface area contributed by atoms with Gasteiger partial charge in [-0.05, 0) is 19.9 Å². The summed E-state index contributed by atoms with van der Waals surface area (Å²) >= 11 is 0. The van der Waals surface area contributed by atoms with E-state index in [0.29, 0.717) is 50.7 Å². The van der Waals surface area contributed by atoms with E-state index in [2.05, 4.69) is 4.98 Å². The number of rotatable bonds is 7. The predicted octanol–water partition coefficient (Wildman–Crippen LogP) is 1.22. The van der Waals surface area contributed by atoms with Crippen molar-refractivity contribution in [3.63, 3.8) is 0 Å². The fourth-order valence-corrected chi connectivity index (χ4v) is 3.68. The van der Waals surface area contributed by atoms with Gasteiger partial charge in [-0.25, -0.2) is 5.14 Å². The van der Waals surface area contributed by atoms with E-state index in [1.54, 1.807) is 12.4 Å². The van der Waals surface area contributed by atoms with E-state index in [1.807, 2.05) is 24.8 Å². The van der Waals surface area contributed by atoms with Crippen LogP contribution < -0.4 is 10.0 Å². The van der Waals surface area contributed by atoms with Gasteiger partial charge in [0.05, 0.1) is 11.9 Å². The molecule has 1 saturated heterocycles. The summed E-state index contributed by atoms with van der Waals surface area (Å²) in [5, 5.41) is 6.04. The quantitative estimate of drug-likeness (QED) is 0.715. The molecule has 0 spiro atoms. The zero-order valence-corrected chi connectivity index (χ0v) is 15.7. The first-order chi connectivity index (χ1) is 12.4. The van der Waals surface area contributed by atoms with E-state index in [-0.39, 0.29) is 0 Å². The van der Waals surface area contributed by atoms with Crippen molar-refractivity contribution in [3.8, 4) is 0 Å². The van der Waals surface area contributed by atoms with E-state index in [4.69, 9.17) is 19.0 Å². The molecule has 2 aromatic rings. The number of hydrogen-bond donors (Lipinski definition) is 1. The maximum atomic E-state index is 11.5. The summed E-state index contributed by atoms with van der Waals surface area (Å²) < 4.78 is 41.4. The molecule has 9 nitrogen and oxygen atoms in total. The van der Waals surface area contributed by atoms with Crippen molar-refractivity contribution < 1.29 is 22.3 Å². The zero-order valence-electron chi connectivity index (χ0n) is 14.9. The van der Waals surface area contributed by atoms with Crippen LogP contribution in [0.1, 0.15) is 25.9 Å². The van der Waals surface area contributed by atoms with Gasteiger partial charge < -0.3 is 18.8 Å². The van der Waals surface area contributed by atoms with Gasteiger partial charge in [0.15, 0.2) is 11.3 Å². The molecule has 2 aromatic heterocycles. The van der Waals surface area contributed by atoms with Gasteiger partial charge >= 0.3 is 0 Å². The molecular weight excluding hydrogens is 360 g/mol. The first kappa shape index (κ1) is 19.1. The normalized spacial score (nSPS) is 16.7. The minimum Gasteiger partial charge on any atom is -0.453 e. The van der Waals surface area contributed by atoms with Gasteiger partial charge in [-0.1, -0.05) is 0 Å². The molecule has 0 saturated carbocycles. The van der Waals surface area contributed by atoms with Crippen molar-refractivity contribution in [1.29, 1.82) is 0 Å². The van der Waals surface area contributed by atoms with Gasteiger partial charge in [-0.2, -0.15) is 12.7 Å². The molecule has 1 aliphatic heterocycles. The average Bonchev–Trinajstić information content (AvgIpc) is 3.05. The largest absolute Gasteiger partial charge is 0.453 e. The second-order valence-electron chi connectivity index (χ2n) is 5.90. The Bertz CT molecular complexity index is 839. The first-order valence-electron chi connectivity index (χ1n) is 8.57. The van der Waals surface area contributed by atoms with Crippen LogP contribution in [0.5, 0.6) is 0 Å². The molecule has 144 valence electrons. The van der Waals surface area contributed by atoms with Crippen LogP contribution in [0.25, 0.3) is 11.0 Å². The van der Waals surface area contributed by atoms with Crippen molar-refractivity contribution in [1.82, 2.24) is 9.29 Å². The first-order valence-corrected chi connectivity index (χ1v) is 10.1. The van der Waals surface area contributed by atoms with E-state index in [9.17, 15) is 8.42 Å². The molecule has 0 aliphatic carbocycles. The number of anilines is 1. The van der Waals surface area contributed by atoms with E-state index >= 15 is 0 Å². The van der Waals surface area contributed by atoms with Crippen LogP contribution in [0.4, 0.5) is 5.69 Å².